The van der Waals surface area contributed by atoms with Crippen molar-refractivity contribution in [2.75, 3.05) is 18.5 Å². The van der Waals surface area contributed by atoms with Crippen LogP contribution in [0.3, 0.4) is 0 Å². The zero-order chi connectivity index (χ0) is 14.7. The smallest absolute Gasteiger partial charge is 0.163 e. The predicted molar refractivity (Wildman–Crippen MR) is 82.2 cm³/mol. The van der Waals surface area contributed by atoms with Crippen LogP contribution in [0.1, 0.15) is 32.6 Å². The first-order valence-corrected chi connectivity index (χ1v) is 7.74. The molecule has 6 heteroatoms. The van der Waals surface area contributed by atoms with E-state index in [9.17, 15) is 0 Å². The van der Waals surface area contributed by atoms with Crippen molar-refractivity contribution in [2.45, 2.75) is 38.7 Å². The predicted octanol–water partition coefficient (Wildman–Crippen LogP) is 2.37. The van der Waals surface area contributed by atoms with Gasteiger partial charge in [-0.05, 0) is 18.8 Å². The monoisotopic (exact) mass is 289 g/mol. The lowest BCUT2D eigenvalue weighted by Gasteiger charge is -2.28. The quantitative estimate of drug-likeness (QED) is 0.856. The van der Waals surface area contributed by atoms with Crippen LogP contribution < -0.4 is 5.32 Å². The Morgan fingerprint density at radius 3 is 3.05 bits per heavy atom. The van der Waals surface area contributed by atoms with Crippen molar-refractivity contribution in [1.29, 1.82) is 0 Å². The molecule has 1 fully saturated rings. The largest absolute Gasteiger partial charge is 0.376 e. The van der Waals surface area contributed by atoms with Crippen LogP contribution in [0.5, 0.6) is 0 Å². The normalized spacial score (nSPS) is 22.6. The molecule has 2 heterocycles. The number of anilines is 1. The molecular weight excluding hydrogens is 266 g/mol. The topological polar surface area (TPSA) is 64.9 Å². The van der Waals surface area contributed by atoms with Crippen LogP contribution in [0.2, 0.25) is 0 Å². The number of hydrogen-bond donors (Lipinski definition) is 1. The molecule has 2 aromatic rings. The minimum Gasteiger partial charge on any atom is -0.376 e. The SMILES string of the molecule is C[C@H]1CCCC[C@@H]1OCCNc1ncnc2c1cnn2C. The lowest BCUT2D eigenvalue weighted by atomic mass is 9.88. The van der Waals surface area contributed by atoms with Gasteiger partial charge >= 0.3 is 0 Å². The Morgan fingerprint density at radius 1 is 1.33 bits per heavy atom. The molecule has 114 valence electrons. The van der Waals surface area contributed by atoms with Crippen molar-refractivity contribution in [2.24, 2.45) is 13.0 Å². The summed E-state index contributed by atoms with van der Waals surface area (Å²) in [5.41, 5.74) is 0.842. The highest BCUT2D eigenvalue weighted by Crippen LogP contribution is 2.26. The average Bonchev–Trinajstić information content (AvgIpc) is 2.88. The summed E-state index contributed by atoms with van der Waals surface area (Å²) in [6.07, 6.45) is 8.91. The fraction of sp³-hybridized carbons (Fsp3) is 0.667. The summed E-state index contributed by atoms with van der Waals surface area (Å²) in [5.74, 6) is 1.51. The van der Waals surface area contributed by atoms with Crippen LogP contribution in [0, 0.1) is 5.92 Å². The number of aryl methyl sites for hydroxylation is 1. The van der Waals surface area contributed by atoms with Gasteiger partial charge in [0.25, 0.3) is 0 Å². The second-order valence-corrected chi connectivity index (χ2v) is 5.83. The van der Waals surface area contributed by atoms with Crippen molar-refractivity contribution >= 4 is 16.9 Å². The molecule has 2 atom stereocenters. The molecule has 1 saturated carbocycles. The molecule has 0 spiro atoms. The van der Waals surface area contributed by atoms with Gasteiger partial charge in [-0.1, -0.05) is 19.8 Å². The molecule has 3 rings (SSSR count). The first-order valence-electron chi connectivity index (χ1n) is 7.74. The first-order chi connectivity index (χ1) is 10.3. The number of fused-ring (bicyclic) bond motifs is 1. The van der Waals surface area contributed by atoms with Gasteiger partial charge in [-0.3, -0.25) is 4.68 Å². The Kier molecular flexibility index (Phi) is 4.34. The molecule has 0 radical (unpaired) electrons. The fourth-order valence-corrected chi connectivity index (χ4v) is 3.01. The van der Waals surface area contributed by atoms with Crippen molar-refractivity contribution in [1.82, 2.24) is 19.7 Å². The maximum absolute atomic E-state index is 6.01. The van der Waals surface area contributed by atoms with Crippen molar-refractivity contribution in [3.8, 4) is 0 Å². The first kappa shape index (κ1) is 14.3. The number of rotatable bonds is 5. The van der Waals surface area contributed by atoms with Crippen LogP contribution >= 0.6 is 0 Å². The van der Waals surface area contributed by atoms with Crippen LogP contribution in [0.15, 0.2) is 12.5 Å². The van der Waals surface area contributed by atoms with Crippen molar-refractivity contribution in [3.63, 3.8) is 0 Å². The summed E-state index contributed by atoms with van der Waals surface area (Å²) in [5, 5.41) is 8.49. The molecule has 0 amide bonds. The number of nitrogens with one attached hydrogen (secondary N) is 1. The molecule has 0 bridgehead atoms. The lowest BCUT2D eigenvalue weighted by molar-refractivity contribution is 0.000380. The van der Waals surface area contributed by atoms with E-state index in [1.54, 1.807) is 17.2 Å². The molecule has 21 heavy (non-hydrogen) atoms. The van der Waals surface area contributed by atoms with Gasteiger partial charge in [0.15, 0.2) is 5.65 Å². The third kappa shape index (κ3) is 3.15. The third-order valence-electron chi connectivity index (χ3n) is 4.29. The molecule has 0 aromatic carbocycles. The maximum Gasteiger partial charge on any atom is 0.163 e. The number of ether oxygens (including phenoxy) is 1. The summed E-state index contributed by atoms with van der Waals surface area (Å²) in [7, 11) is 1.88. The Bertz CT molecular complexity index is 597. The zero-order valence-corrected chi connectivity index (χ0v) is 12.7. The zero-order valence-electron chi connectivity index (χ0n) is 12.7. The van der Waals surface area contributed by atoms with E-state index in [-0.39, 0.29) is 0 Å². The second-order valence-electron chi connectivity index (χ2n) is 5.83. The van der Waals surface area contributed by atoms with Gasteiger partial charge in [-0.25, -0.2) is 9.97 Å². The molecule has 0 saturated heterocycles. The molecule has 0 unspecified atom stereocenters. The van der Waals surface area contributed by atoms with Crippen LogP contribution in [-0.2, 0) is 11.8 Å². The summed E-state index contributed by atoms with van der Waals surface area (Å²) < 4.78 is 7.76. The van der Waals surface area contributed by atoms with Gasteiger partial charge in [0, 0.05) is 13.6 Å². The van der Waals surface area contributed by atoms with Crippen LogP contribution in [0.25, 0.3) is 11.0 Å². The highest BCUT2D eigenvalue weighted by atomic mass is 16.5. The molecule has 1 aliphatic rings. The number of nitrogens with zero attached hydrogens (tertiary/aromatic N) is 4. The van der Waals surface area contributed by atoms with E-state index in [1.807, 2.05) is 7.05 Å². The fourth-order valence-electron chi connectivity index (χ4n) is 3.01. The average molecular weight is 289 g/mol. The van der Waals surface area contributed by atoms with Gasteiger partial charge in [0.05, 0.1) is 24.3 Å². The molecule has 1 N–H and O–H groups in total. The van der Waals surface area contributed by atoms with Gasteiger partial charge in [0.1, 0.15) is 12.1 Å². The van der Waals surface area contributed by atoms with Crippen molar-refractivity contribution in [3.05, 3.63) is 12.5 Å². The lowest BCUT2D eigenvalue weighted by Crippen LogP contribution is -2.27. The molecule has 1 aliphatic carbocycles. The highest BCUT2D eigenvalue weighted by Gasteiger charge is 2.21. The summed E-state index contributed by atoms with van der Waals surface area (Å²) >= 11 is 0. The van der Waals surface area contributed by atoms with Crippen LogP contribution in [-0.4, -0.2) is 39.0 Å². The van der Waals surface area contributed by atoms with Gasteiger partial charge in [-0.2, -0.15) is 5.10 Å². The molecule has 6 nitrogen and oxygen atoms in total. The summed E-state index contributed by atoms with van der Waals surface area (Å²) in [4.78, 5) is 8.52. The minimum atomic E-state index is 0.421. The standard InChI is InChI=1S/C15H23N5O/c1-11-5-3-4-6-13(11)21-8-7-16-14-12-9-19-20(2)15(12)18-10-17-14/h9-11,13H,3-8H2,1-2H3,(H,16,17,18)/t11-,13-/m0/s1. The highest BCUT2D eigenvalue weighted by molar-refractivity contribution is 5.85. The minimum absolute atomic E-state index is 0.421. The maximum atomic E-state index is 6.01. The summed E-state index contributed by atoms with van der Waals surface area (Å²) in [6.45, 7) is 3.76. The Labute approximate surface area is 124 Å². The molecular formula is C15H23N5O. The third-order valence-corrected chi connectivity index (χ3v) is 4.29. The summed E-state index contributed by atoms with van der Waals surface area (Å²) in [6, 6.07) is 0. The van der Waals surface area contributed by atoms with Gasteiger partial charge < -0.3 is 10.1 Å². The van der Waals surface area contributed by atoms with E-state index in [0.29, 0.717) is 18.6 Å². The van der Waals surface area contributed by atoms with E-state index >= 15 is 0 Å². The number of hydrogen-bond acceptors (Lipinski definition) is 5. The molecule has 2 aromatic heterocycles. The van der Waals surface area contributed by atoms with Crippen LogP contribution in [0.4, 0.5) is 5.82 Å². The van der Waals surface area contributed by atoms with Crippen molar-refractivity contribution < 1.29 is 4.74 Å². The van der Waals surface area contributed by atoms with E-state index in [1.165, 1.54) is 25.7 Å². The Balaban J connectivity index is 1.52. The van der Waals surface area contributed by atoms with E-state index < -0.39 is 0 Å². The Morgan fingerprint density at radius 2 is 2.19 bits per heavy atom. The second kappa shape index (κ2) is 6.39. The van der Waals surface area contributed by atoms with Gasteiger partial charge in [-0.15, -0.1) is 0 Å². The van der Waals surface area contributed by atoms with E-state index in [2.05, 4.69) is 27.3 Å². The number of aromatic nitrogens is 4. The Hall–Kier alpha value is -1.69. The van der Waals surface area contributed by atoms with Gasteiger partial charge in [0.2, 0.25) is 0 Å². The van der Waals surface area contributed by atoms with E-state index in [0.717, 1.165) is 23.4 Å². The van der Waals surface area contributed by atoms with E-state index in [4.69, 9.17) is 4.74 Å². The molecule has 0 aliphatic heterocycles.